The van der Waals surface area contributed by atoms with Gasteiger partial charge in [0.25, 0.3) is 5.91 Å². The van der Waals surface area contributed by atoms with Gasteiger partial charge in [-0.25, -0.2) is 0 Å². The maximum atomic E-state index is 12.7. The lowest BCUT2D eigenvalue weighted by Crippen LogP contribution is -2.50. The highest BCUT2D eigenvalue weighted by molar-refractivity contribution is 8.00. The molecule has 1 aliphatic heterocycles. The number of ether oxygens (including phenoxy) is 3. The molecule has 1 fully saturated rings. The van der Waals surface area contributed by atoms with Crippen LogP contribution < -0.4 is 10.6 Å². The van der Waals surface area contributed by atoms with E-state index in [-0.39, 0.29) is 31.9 Å². The molecule has 10 nitrogen and oxygen atoms in total. The van der Waals surface area contributed by atoms with E-state index >= 15 is 0 Å². The molecule has 164 valence electrons. The second-order valence-electron chi connectivity index (χ2n) is 7.12. The highest BCUT2D eigenvalue weighted by atomic mass is 32.2. The third kappa shape index (κ3) is 8.71. The summed E-state index contributed by atoms with van der Waals surface area (Å²) in [6, 6.07) is 0. The fraction of sp³-hybridized carbons (Fsp3) is 0.722. The first-order chi connectivity index (χ1) is 13.6. The molecular formula is C18H28N2O8S. The molecule has 1 rings (SSSR count). The molecule has 1 heterocycles. The summed E-state index contributed by atoms with van der Waals surface area (Å²) < 4.78 is 15.1. The maximum Gasteiger partial charge on any atom is 0.320 e. The zero-order valence-corrected chi connectivity index (χ0v) is 17.9. The van der Waals surface area contributed by atoms with Gasteiger partial charge in [0.2, 0.25) is 5.91 Å². The van der Waals surface area contributed by atoms with Crippen molar-refractivity contribution < 1.29 is 38.2 Å². The summed E-state index contributed by atoms with van der Waals surface area (Å²) in [5.41, 5.74) is -1.05. The Morgan fingerprint density at radius 3 is 2.52 bits per heavy atom. The molecule has 29 heavy (non-hydrogen) atoms. The minimum absolute atomic E-state index is 0.0566. The van der Waals surface area contributed by atoms with E-state index in [0.29, 0.717) is 12.3 Å². The fourth-order valence-electron chi connectivity index (χ4n) is 2.44. The summed E-state index contributed by atoms with van der Waals surface area (Å²) in [4.78, 5) is 60.1. The Kier molecular flexibility index (Phi) is 9.93. The van der Waals surface area contributed by atoms with E-state index in [1.54, 1.807) is 13.8 Å². The van der Waals surface area contributed by atoms with Crippen molar-refractivity contribution in [1.82, 2.24) is 10.6 Å². The molecule has 2 N–H and O–H groups in total. The van der Waals surface area contributed by atoms with E-state index in [0.717, 1.165) is 11.8 Å². The number of carbonyl (C=O) groups excluding carboxylic acids is 5. The van der Waals surface area contributed by atoms with Crippen LogP contribution in [-0.4, -0.2) is 73.6 Å². The highest BCUT2D eigenvalue weighted by Crippen LogP contribution is 2.27. The van der Waals surface area contributed by atoms with E-state index in [1.165, 1.54) is 14.0 Å². The second-order valence-corrected chi connectivity index (χ2v) is 8.43. The van der Waals surface area contributed by atoms with Gasteiger partial charge in [-0.3, -0.25) is 24.0 Å². The van der Waals surface area contributed by atoms with E-state index in [9.17, 15) is 24.0 Å². The van der Waals surface area contributed by atoms with Gasteiger partial charge < -0.3 is 24.8 Å². The number of carbonyl (C=O) groups is 5. The third-order valence-corrected chi connectivity index (χ3v) is 5.27. The topological polar surface area (TPSA) is 137 Å². The molecule has 2 atom stereocenters. The molecule has 0 radical (unpaired) electrons. The predicted octanol–water partition coefficient (Wildman–Crippen LogP) is -0.211. The van der Waals surface area contributed by atoms with Crippen molar-refractivity contribution in [2.45, 2.75) is 45.0 Å². The summed E-state index contributed by atoms with van der Waals surface area (Å²) in [5.74, 6) is -2.41. The summed E-state index contributed by atoms with van der Waals surface area (Å²) in [7, 11) is 1.20. The van der Waals surface area contributed by atoms with Crippen LogP contribution in [0.4, 0.5) is 0 Å². The number of methoxy groups -OCH3 is 1. The monoisotopic (exact) mass is 432 g/mol. The molecule has 1 unspecified atom stereocenters. The van der Waals surface area contributed by atoms with Gasteiger partial charge in [0.1, 0.15) is 11.9 Å². The van der Waals surface area contributed by atoms with Gasteiger partial charge in [0.15, 0.2) is 6.10 Å². The van der Waals surface area contributed by atoms with Gasteiger partial charge in [-0.05, 0) is 0 Å². The highest BCUT2D eigenvalue weighted by Gasteiger charge is 2.41. The molecule has 0 aliphatic carbocycles. The molecule has 1 aliphatic rings. The van der Waals surface area contributed by atoms with Gasteiger partial charge in [-0.1, -0.05) is 13.8 Å². The van der Waals surface area contributed by atoms with Gasteiger partial charge in [0, 0.05) is 37.6 Å². The van der Waals surface area contributed by atoms with Gasteiger partial charge >= 0.3 is 17.9 Å². The van der Waals surface area contributed by atoms with Gasteiger partial charge in [-0.2, -0.15) is 0 Å². The smallest absolute Gasteiger partial charge is 0.320 e. The Balaban J connectivity index is 3.09. The van der Waals surface area contributed by atoms with Crippen LogP contribution in [0.1, 0.15) is 33.6 Å². The lowest BCUT2D eigenvalue weighted by atomic mass is 9.86. The van der Waals surface area contributed by atoms with Crippen molar-refractivity contribution in [3.8, 4) is 0 Å². The number of rotatable bonds is 5. The van der Waals surface area contributed by atoms with Crippen molar-refractivity contribution in [3.63, 3.8) is 0 Å². The zero-order valence-electron chi connectivity index (χ0n) is 17.1. The quantitative estimate of drug-likeness (QED) is 0.446. The van der Waals surface area contributed by atoms with Crippen molar-refractivity contribution in [2.75, 3.05) is 32.6 Å². The van der Waals surface area contributed by atoms with Gasteiger partial charge in [0.05, 0.1) is 13.5 Å². The molecule has 0 aromatic heterocycles. The number of thioether (sulfide) groups is 1. The van der Waals surface area contributed by atoms with Crippen molar-refractivity contribution in [2.24, 2.45) is 5.41 Å². The molecule has 0 bridgehead atoms. The summed E-state index contributed by atoms with van der Waals surface area (Å²) in [5, 5.41) is 4.33. The fourth-order valence-corrected chi connectivity index (χ4v) is 3.39. The average molecular weight is 432 g/mol. The molecule has 1 saturated heterocycles. The van der Waals surface area contributed by atoms with Crippen molar-refractivity contribution in [3.05, 3.63) is 0 Å². The minimum Gasteiger partial charge on any atom is -0.469 e. The first kappa shape index (κ1) is 24.7. The Bertz CT molecular complexity index is 637. The Hall–Kier alpha value is -2.30. The molecule has 2 amide bonds. The molecule has 0 aromatic carbocycles. The standard InChI is InChI=1S/C18H28N2O8S/c1-11(21)27-10-18(2,3)15-16(24)20-6-5-13(22)19-7-8-29-12(17(25)28-15)9-14(23)26-4/h12,15H,5-10H2,1-4H3,(H,19,22)(H,20,24)/t12?,15-/m0/s1. The van der Waals surface area contributed by atoms with Crippen LogP contribution in [0, 0.1) is 5.41 Å². The van der Waals surface area contributed by atoms with E-state index in [2.05, 4.69) is 15.4 Å². The minimum atomic E-state index is -1.29. The van der Waals surface area contributed by atoms with E-state index in [4.69, 9.17) is 9.47 Å². The molecule has 0 aromatic rings. The number of hydrogen-bond acceptors (Lipinski definition) is 9. The number of nitrogens with one attached hydrogen (secondary N) is 2. The lowest BCUT2D eigenvalue weighted by Gasteiger charge is -2.32. The molecule has 0 saturated carbocycles. The van der Waals surface area contributed by atoms with Crippen LogP contribution in [0.15, 0.2) is 0 Å². The Morgan fingerprint density at radius 1 is 1.21 bits per heavy atom. The van der Waals surface area contributed by atoms with E-state index < -0.39 is 40.6 Å². The first-order valence-electron chi connectivity index (χ1n) is 9.13. The predicted molar refractivity (Wildman–Crippen MR) is 104 cm³/mol. The van der Waals surface area contributed by atoms with Gasteiger partial charge in [-0.15, -0.1) is 11.8 Å². The van der Waals surface area contributed by atoms with E-state index in [1.807, 2.05) is 0 Å². The third-order valence-electron chi connectivity index (χ3n) is 4.07. The molecule has 11 heteroatoms. The van der Waals surface area contributed by atoms with Crippen LogP contribution in [0.2, 0.25) is 0 Å². The second kappa shape index (κ2) is 11.6. The summed E-state index contributed by atoms with van der Waals surface area (Å²) in [6.45, 7) is 4.64. The summed E-state index contributed by atoms with van der Waals surface area (Å²) in [6.07, 6.45) is -1.47. The zero-order chi connectivity index (χ0) is 22.0. The number of amides is 2. The maximum absolute atomic E-state index is 12.7. The largest absolute Gasteiger partial charge is 0.469 e. The number of cyclic esters (lactones) is 1. The number of esters is 3. The van der Waals surface area contributed by atoms with Crippen LogP contribution in [0.5, 0.6) is 0 Å². The van der Waals surface area contributed by atoms with Crippen molar-refractivity contribution >= 4 is 41.5 Å². The molecule has 0 spiro atoms. The molecular weight excluding hydrogens is 404 g/mol. The first-order valence-corrected chi connectivity index (χ1v) is 10.2. The van der Waals surface area contributed by atoms with Crippen LogP contribution >= 0.6 is 11.8 Å². The van der Waals surface area contributed by atoms with Crippen LogP contribution in [0.3, 0.4) is 0 Å². The SMILES string of the molecule is COC(=O)CC1SCCNC(=O)CCNC(=O)[C@@H](C(C)(C)COC(C)=O)OC1=O. The normalized spacial score (nSPS) is 22.0. The number of hydrogen-bond donors (Lipinski definition) is 2. The summed E-state index contributed by atoms with van der Waals surface area (Å²) >= 11 is 1.12. The lowest BCUT2D eigenvalue weighted by molar-refractivity contribution is -0.168. The van der Waals surface area contributed by atoms with Crippen LogP contribution in [-0.2, 0) is 38.2 Å². The Labute approximate surface area is 173 Å². The van der Waals surface area contributed by atoms with Crippen molar-refractivity contribution in [1.29, 1.82) is 0 Å². The Morgan fingerprint density at radius 2 is 1.90 bits per heavy atom. The van der Waals surface area contributed by atoms with Crippen LogP contribution in [0.25, 0.3) is 0 Å². The average Bonchev–Trinajstić information content (AvgIpc) is 2.66.